The summed E-state index contributed by atoms with van der Waals surface area (Å²) in [6.07, 6.45) is 2.38. The third-order valence-corrected chi connectivity index (χ3v) is 4.99. The van der Waals surface area contributed by atoms with Crippen LogP contribution >= 0.6 is 11.8 Å². The van der Waals surface area contributed by atoms with Gasteiger partial charge in [0.2, 0.25) is 0 Å². The minimum absolute atomic E-state index is 0.140. The maximum absolute atomic E-state index is 11.2. The molecule has 16 heavy (non-hydrogen) atoms. The van der Waals surface area contributed by atoms with Crippen LogP contribution < -0.4 is 11.0 Å². The molecule has 0 aromatic carbocycles. The Hall–Kier alpha value is -0.750. The molecule has 0 amide bonds. The van der Waals surface area contributed by atoms with Crippen molar-refractivity contribution in [1.29, 1.82) is 0 Å². The second kappa shape index (κ2) is 4.63. The lowest BCUT2D eigenvalue weighted by molar-refractivity contribution is 0.463. The van der Waals surface area contributed by atoms with Crippen molar-refractivity contribution in [1.82, 2.24) is 20.1 Å². The Morgan fingerprint density at radius 3 is 2.81 bits per heavy atom. The summed E-state index contributed by atoms with van der Waals surface area (Å²) < 4.78 is 1.57. The average Bonchev–Trinajstić information content (AvgIpc) is 2.77. The molecule has 0 aliphatic heterocycles. The van der Waals surface area contributed by atoms with E-state index in [0.717, 1.165) is 5.16 Å². The predicted molar refractivity (Wildman–Crippen MR) is 64.7 cm³/mol. The van der Waals surface area contributed by atoms with Gasteiger partial charge < -0.3 is 5.32 Å². The lowest BCUT2D eigenvalue weighted by Gasteiger charge is -2.19. The molecule has 0 saturated heterocycles. The van der Waals surface area contributed by atoms with Crippen molar-refractivity contribution in [2.24, 2.45) is 13.0 Å². The monoisotopic (exact) mass is 242 g/mol. The van der Waals surface area contributed by atoms with Crippen LogP contribution in [0.5, 0.6) is 0 Å². The third kappa shape index (κ3) is 2.04. The zero-order valence-electron chi connectivity index (χ0n) is 9.86. The van der Waals surface area contributed by atoms with Crippen LogP contribution in [0.3, 0.4) is 0 Å². The number of aromatic nitrogens is 3. The van der Waals surface area contributed by atoms with E-state index in [1.807, 2.05) is 7.05 Å². The van der Waals surface area contributed by atoms with E-state index in [2.05, 4.69) is 22.4 Å². The van der Waals surface area contributed by atoms with Crippen LogP contribution in [0.4, 0.5) is 0 Å². The molecule has 6 heteroatoms. The summed E-state index contributed by atoms with van der Waals surface area (Å²) in [5, 5.41) is 11.2. The summed E-state index contributed by atoms with van der Waals surface area (Å²) in [6, 6.07) is 0.591. The molecule has 3 unspecified atom stereocenters. The fraction of sp³-hybridized carbons (Fsp3) is 0.800. The minimum Gasteiger partial charge on any atom is -0.317 e. The molecule has 1 aromatic heterocycles. The Kier molecular flexibility index (Phi) is 3.39. The first kappa shape index (κ1) is 11.7. The zero-order valence-corrected chi connectivity index (χ0v) is 10.7. The summed E-state index contributed by atoms with van der Waals surface area (Å²) in [6.45, 7) is 2.26. The summed E-state index contributed by atoms with van der Waals surface area (Å²) in [5.41, 5.74) is -0.140. The summed E-state index contributed by atoms with van der Waals surface area (Å²) in [4.78, 5) is 11.2. The molecule has 3 atom stereocenters. The Labute approximate surface area is 99.0 Å². The molecule has 2 N–H and O–H groups in total. The fourth-order valence-electron chi connectivity index (χ4n) is 2.28. The number of H-pyrrole nitrogens is 1. The second-order valence-corrected chi connectivity index (χ2v) is 5.56. The molecule has 2 rings (SSSR count). The smallest absolute Gasteiger partial charge is 0.317 e. The molecule has 1 aromatic rings. The maximum Gasteiger partial charge on any atom is 0.343 e. The van der Waals surface area contributed by atoms with Gasteiger partial charge in [0.1, 0.15) is 0 Å². The molecule has 0 radical (unpaired) electrons. The Bertz CT molecular complexity index is 413. The Morgan fingerprint density at radius 1 is 1.56 bits per heavy atom. The standard InChI is InChI=1S/C10H18N4OS/c1-6-7(11-2)4-5-8(6)16-10-13-12-9(15)14(10)3/h6-8,11H,4-5H2,1-3H3,(H,12,15). The van der Waals surface area contributed by atoms with Crippen molar-refractivity contribution in [2.45, 2.75) is 36.2 Å². The molecule has 0 bridgehead atoms. The van der Waals surface area contributed by atoms with Crippen LogP contribution in [0.1, 0.15) is 19.8 Å². The number of rotatable bonds is 3. The Morgan fingerprint density at radius 2 is 2.31 bits per heavy atom. The molecule has 1 fully saturated rings. The van der Waals surface area contributed by atoms with Crippen molar-refractivity contribution in [3.05, 3.63) is 10.5 Å². The van der Waals surface area contributed by atoms with Crippen molar-refractivity contribution in [2.75, 3.05) is 7.05 Å². The molecular weight excluding hydrogens is 224 g/mol. The number of thioether (sulfide) groups is 1. The molecule has 90 valence electrons. The highest BCUT2D eigenvalue weighted by Crippen LogP contribution is 2.37. The van der Waals surface area contributed by atoms with E-state index < -0.39 is 0 Å². The zero-order chi connectivity index (χ0) is 11.7. The predicted octanol–water partition coefficient (Wildman–Crippen LogP) is 0.587. The van der Waals surface area contributed by atoms with E-state index in [-0.39, 0.29) is 5.69 Å². The first-order valence-corrected chi connectivity index (χ1v) is 6.46. The van der Waals surface area contributed by atoms with Gasteiger partial charge in [0.25, 0.3) is 0 Å². The average molecular weight is 242 g/mol. The van der Waals surface area contributed by atoms with E-state index >= 15 is 0 Å². The highest BCUT2D eigenvalue weighted by atomic mass is 32.2. The Balaban J connectivity index is 2.06. The summed E-state index contributed by atoms with van der Waals surface area (Å²) in [5.74, 6) is 0.613. The van der Waals surface area contributed by atoms with Gasteiger partial charge >= 0.3 is 5.69 Å². The quantitative estimate of drug-likeness (QED) is 0.814. The second-order valence-electron chi connectivity index (χ2n) is 4.36. The lowest BCUT2D eigenvalue weighted by atomic mass is 10.1. The lowest BCUT2D eigenvalue weighted by Crippen LogP contribution is -2.30. The van der Waals surface area contributed by atoms with Gasteiger partial charge in [0.05, 0.1) is 0 Å². The number of hydrogen-bond acceptors (Lipinski definition) is 4. The van der Waals surface area contributed by atoms with Gasteiger partial charge in [-0.25, -0.2) is 9.89 Å². The van der Waals surface area contributed by atoms with Crippen molar-refractivity contribution < 1.29 is 0 Å². The SMILES string of the molecule is CNC1CCC(Sc2n[nH]c(=O)n2C)C1C. The van der Waals surface area contributed by atoms with Gasteiger partial charge in [-0.1, -0.05) is 18.7 Å². The van der Waals surface area contributed by atoms with Crippen LogP contribution in [-0.2, 0) is 7.05 Å². The first-order chi connectivity index (χ1) is 7.63. The number of hydrogen-bond donors (Lipinski definition) is 2. The van der Waals surface area contributed by atoms with E-state index in [0.29, 0.717) is 17.2 Å². The van der Waals surface area contributed by atoms with Crippen molar-refractivity contribution >= 4 is 11.8 Å². The summed E-state index contributed by atoms with van der Waals surface area (Å²) >= 11 is 1.71. The van der Waals surface area contributed by atoms with E-state index in [1.165, 1.54) is 12.8 Å². The van der Waals surface area contributed by atoms with Crippen LogP contribution in [0.15, 0.2) is 9.95 Å². The molecule has 1 heterocycles. The van der Waals surface area contributed by atoms with Gasteiger partial charge in [0.15, 0.2) is 5.16 Å². The topological polar surface area (TPSA) is 62.7 Å². The normalized spacial score (nSPS) is 29.8. The van der Waals surface area contributed by atoms with E-state index in [9.17, 15) is 4.79 Å². The van der Waals surface area contributed by atoms with E-state index in [1.54, 1.807) is 23.4 Å². The van der Waals surface area contributed by atoms with E-state index in [4.69, 9.17) is 0 Å². The van der Waals surface area contributed by atoms with Gasteiger partial charge in [-0.15, -0.1) is 5.10 Å². The van der Waals surface area contributed by atoms with Crippen LogP contribution in [-0.4, -0.2) is 33.1 Å². The maximum atomic E-state index is 11.2. The van der Waals surface area contributed by atoms with Gasteiger partial charge in [-0.3, -0.25) is 4.57 Å². The molecule has 0 spiro atoms. The van der Waals surface area contributed by atoms with Crippen molar-refractivity contribution in [3.63, 3.8) is 0 Å². The third-order valence-electron chi connectivity index (χ3n) is 3.45. The van der Waals surface area contributed by atoms with Gasteiger partial charge in [0, 0.05) is 18.3 Å². The number of nitrogens with one attached hydrogen (secondary N) is 2. The number of nitrogens with zero attached hydrogens (tertiary/aromatic N) is 2. The molecule has 5 nitrogen and oxygen atoms in total. The molecule has 1 aliphatic rings. The van der Waals surface area contributed by atoms with Gasteiger partial charge in [-0.2, -0.15) is 0 Å². The van der Waals surface area contributed by atoms with Crippen LogP contribution in [0.25, 0.3) is 0 Å². The number of aromatic amines is 1. The van der Waals surface area contributed by atoms with Crippen LogP contribution in [0, 0.1) is 5.92 Å². The molecule has 1 aliphatic carbocycles. The highest BCUT2D eigenvalue weighted by Gasteiger charge is 2.33. The molecule has 1 saturated carbocycles. The first-order valence-electron chi connectivity index (χ1n) is 5.58. The fourth-order valence-corrected chi connectivity index (χ4v) is 3.54. The summed E-state index contributed by atoms with van der Waals surface area (Å²) in [7, 11) is 3.77. The largest absolute Gasteiger partial charge is 0.343 e. The van der Waals surface area contributed by atoms with Crippen LogP contribution in [0.2, 0.25) is 0 Å². The molecular formula is C10H18N4OS. The minimum atomic E-state index is -0.140. The highest BCUT2D eigenvalue weighted by molar-refractivity contribution is 7.99. The van der Waals surface area contributed by atoms with Gasteiger partial charge in [-0.05, 0) is 25.8 Å². The van der Waals surface area contributed by atoms with Crippen molar-refractivity contribution in [3.8, 4) is 0 Å².